The van der Waals surface area contributed by atoms with Crippen molar-refractivity contribution in [1.29, 1.82) is 0 Å². The zero-order chi connectivity index (χ0) is 17.5. The van der Waals surface area contributed by atoms with Crippen molar-refractivity contribution < 1.29 is 4.79 Å². The van der Waals surface area contributed by atoms with Gasteiger partial charge in [0.05, 0.1) is 5.69 Å². The molecule has 3 aromatic rings. The van der Waals surface area contributed by atoms with Crippen molar-refractivity contribution in [1.82, 2.24) is 4.98 Å². The molecule has 0 aliphatic carbocycles. The molecule has 2 aromatic carbocycles. The average Bonchev–Trinajstić information content (AvgIpc) is 3.13. The molecular formula is C21H22N2OS. The van der Waals surface area contributed by atoms with E-state index in [0.717, 1.165) is 46.8 Å². The highest BCUT2D eigenvalue weighted by Gasteiger charge is 2.07. The van der Waals surface area contributed by atoms with Crippen LogP contribution in [0.3, 0.4) is 0 Å². The highest BCUT2D eigenvalue weighted by atomic mass is 32.1. The minimum Gasteiger partial charge on any atom is -0.326 e. The summed E-state index contributed by atoms with van der Waals surface area (Å²) in [6.07, 6.45) is 3.75. The molecule has 1 N–H and O–H groups in total. The monoisotopic (exact) mass is 350 g/mol. The van der Waals surface area contributed by atoms with Gasteiger partial charge in [-0.05, 0) is 18.6 Å². The molecule has 128 valence electrons. The van der Waals surface area contributed by atoms with Gasteiger partial charge in [0.15, 0.2) is 0 Å². The Balaban J connectivity index is 1.65. The van der Waals surface area contributed by atoms with Gasteiger partial charge in [0, 0.05) is 28.6 Å². The maximum absolute atomic E-state index is 11.9. The summed E-state index contributed by atoms with van der Waals surface area (Å²) in [6, 6.07) is 18.1. The molecule has 0 aliphatic rings. The molecule has 3 rings (SSSR count). The number of carbonyl (C=O) groups excluding carboxylic acids is 1. The van der Waals surface area contributed by atoms with Crippen LogP contribution >= 0.6 is 11.3 Å². The van der Waals surface area contributed by atoms with Crippen LogP contribution in [0.5, 0.6) is 0 Å². The molecule has 0 spiro atoms. The smallest absolute Gasteiger partial charge is 0.224 e. The molecule has 1 aromatic heterocycles. The van der Waals surface area contributed by atoms with Gasteiger partial charge in [0.2, 0.25) is 5.91 Å². The summed E-state index contributed by atoms with van der Waals surface area (Å²) >= 11 is 1.64. The number of amides is 1. The normalized spacial score (nSPS) is 10.6. The van der Waals surface area contributed by atoms with Crippen molar-refractivity contribution in [2.75, 3.05) is 5.32 Å². The summed E-state index contributed by atoms with van der Waals surface area (Å²) in [4.78, 5) is 16.6. The number of aromatic nitrogens is 1. The van der Waals surface area contributed by atoms with Crippen LogP contribution in [0, 0.1) is 0 Å². The minimum absolute atomic E-state index is 0.0845. The van der Waals surface area contributed by atoms with E-state index in [1.54, 1.807) is 11.3 Å². The van der Waals surface area contributed by atoms with E-state index in [0.29, 0.717) is 6.42 Å². The van der Waals surface area contributed by atoms with Gasteiger partial charge in [-0.2, -0.15) is 0 Å². The molecule has 1 amide bonds. The van der Waals surface area contributed by atoms with Gasteiger partial charge in [-0.15, -0.1) is 11.3 Å². The second-order valence-corrected chi connectivity index (χ2v) is 6.84. The Kier molecular flexibility index (Phi) is 5.96. The highest BCUT2D eigenvalue weighted by molar-refractivity contribution is 7.13. The predicted octanol–water partition coefficient (Wildman–Crippen LogP) is 6.00. The second-order valence-electron chi connectivity index (χ2n) is 5.99. The van der Waals surface area contributed by atoms with Gasteiger partial charge >= 0.3 is 0 Å². The van der Waals surface area contributed by atoms with E-state index in [9.17, 15) is 4.79 Å². The van der Waals surface area contributed by atoms with E-state index < -0.39 is 0 Å². The van der Waals surface area contributed by atoms with Crippen molar-refractivity contribution in [2.24, 2.45) is 0 Å². The van der Waals surface area contributed by atoms with E-state index in [-0.39, 0.29) is 5.91 Å². The summed E-state index contributed by atoms with van der Waals surface area (Å²) in [7, 11) is 0. The van der Waals surface area contributed by atoms with Crippen LogP contribution in [0.1, 0.15) is 32.6 Å². The Hall–Kier alpha value is -2.46. The van der Waals surface area contributed by atoms with Crippen LogP contribution in [-0.2, 0) is 4.79 Å². The van der Waals surface area contributed by atoms with E-state index in [4.69, 9.17) is 4.98 Å². The average molecular weight is 350 g/mol. The number of thiazole rings is 1. The number of rotatable bonds is 7. The number of benzene rings is 2. The number of anilines is 1. The maximum atomic E-state index is 11.9. The fourth-order valence-corrected chi connectivity index (χ4v) is 3.44. The topological polar surface area (TPSA) is 42.0 Å². The SMILES string of the molecule is CCCCCC(=O)Nc1ccc(-c2csc(-c3ccccc3)n2)cc1. The molecule has 1 heterocycles. The van der Waals surface area contributed by atoms with Gasteiger partial charge in [-0.1, -0.05) is 62.2 Å². The third-order valence-corrected chi connectivity index (χ3v) is 4.89. The Morgan fingerprint density at radius 3 is 2.48 bits per heavy atom. The Labute approximate surface area is 152 Å². The summed E-state index contributed by atoms with van der Waals surface area (Å²) in [5, 5.41) is 6.04. The minimum atomic E-state index is 0.0845. The standard InChI is InChI=1S/C21H22N2OS/c1-2-3-5-10-20(24)22-18-13-11-16(12-14-18)19-15-25-21(23-19)17-8-6-4-7-9-17/h4,6-9,11-15H,2-3,5,10H2,1H3,(H,22,24). The lowest BCUT2D eigenvalue weighted by atomic mass is 10.1. The van der Waals surface area contributed by atoms with Crippen molar-refractivity contribution in [2.45, 2.75) is 32.6 Å². The van der Waals surface area contributed by atoms with Crippen LogP contribution in [-0.4, -0.2) is 10.9 Å². The maximum Gasteiger partial charge on any atom is 0.224 e. The van der Waals surface area contributed by atoms with Crippen molar-refractivity contribution in [3.8, 4) is 21.8 Å². The molecular weight excluding hydrogens is 328 g/mol. The van der Waals surface area contributed by atoms with Crippen LogP contribution in [0.25, 0.3) is 21.8 Å². The molecule has 0 bridgehead atoms. The first-order valence-electron chi connectivity index (χ1n) is 8.67. The van der Waals surface area contributed by atoms with Gasteiger partial charge in [0.25, 0.3) is 0 Å². The number of nitrogens with zero attached hydrogens (tertiary/aromatic N) is 1. The van der Waals surface area contributed by atoms with Gasteiger partial charge in [0.1, 0.15) is 5.01 Å². The van der Waals surface area contributed by atoms with Crippen LogP contribution < -0.4 is 5.32 Å². The number of nitrogens with one attached hydrogen (secondary N) is 1. The fourth-order valence-electron chi connectivity index (χ4n) is 2.60. The summed E-state index contributed by atoms with van der Waals surface area (Å²) in [6.45, 7) is 2.14. The molecule has 0 saturated heterocycles. The van der Waals surface area contributed by atoms with Crippen LogP contribution in [0.4, 0.5) is 5.69 Å². The van der Waals surface area contributed by atoms with E-state index in [2.05, 4.69) is 29.8 Å². The highest BCUT2D eigenvalue weighted by Crippen LogP contribution is 2.29. The molecule has 0 radical (unpaired) electrons. The number of carbonyl (C=O) groups is 1. The number of unbranched alkanes of at least 4 members (excludes halogenated alkanes) is 2. The molecule has 0 unspecified atom stereocenters. The molecule has 0 fully saturated rings. The Morgan fingerprint density at radius 1 is 1.00 bits per heavy atom. The first kappa shape index (κ1) is 17.4. The third-order valence-electron chi connectivity index (χ3n) is 4.00. The van der Waals surface area contributed by atoms with Gasteiger partial charge in [-0.3, -0.25) is 4.79 Å². The molecule has 25 heavy (non-hydrogen) atoms. The van der Waals surface area contributed by atoms with Crippen molar-refractivity contribution in [3.63, 3.8) is 0 Å². The second kappa shape index (κ2) is 8.58. The van der Waals surface area contributed by atoms with E-state index >= 15 is 0 Å². The zero-order valence-electron chi connectivity index (χ0n) is 14.4. The number of hydrogen-bond acceptors (Lipinski definition) is 3. The van der Waals surface area contributed by atoms with Gasteiger partial charge < -0.3 is 5.32 Å². The van der Waals surface area contributed by atoms with Crippen molar-refractivity contribution >= 4 is 22.9 Å². The zero-order valence-corrected chi connectivity index (χ0v) is 15.2. The predicted molar refractivity (Wildman–Crippen MR) is 106 cm³/mol. The van der Waals surface area contributed by atoms with Crippen LogP contribution in [0.2, 0.25) is 0 Å². The molecule has 0 aliphatic heterocycles. The Morgan fingerprint density at radius 2 is 1.76 bits per heavy atom. The molecule has 0 saturated carbocycles. The molecule has 3 nitrogen and oxygen atoms in total. The lowest BCUT2D eigenvalue weighted by molar-refractivity contribution is -0.116. The molecule has 4 heteroatoms. The molecule has 0 atom stereocenters. The summed E-state index contributed by atoms with van der Waals surface area (Å²) in [5.74, 6) is 0.0845. The van der Waals surface area contributed by atoms with Gasteiger partial charge in [-0.25, -0.2) is 4.98 Å². The summed E-state index contributed by atoms with van der Waals surface area (Å²) in [5.41, 5.74) is 3.99. The number of hydrogen-bond donors (Lipinski definition) is 1. The largest absolute Gasteiger partial charge is 0.326 e. The van der Waals surface area contributed by atoms with Crippen LogP contribution in [0.15, 0.2) is 60.0 Å². The third kappa shape index (κ3) is 4.77. The van der Waals surface area contributed by atoms with E-state index in [1.165, 1.54) is 0 Å². The lowest BCUT2D eigenvalue weighted by Crippen LogP contribution is -2.10. The fraction of sp³-hybridized carbons (Fsp3) is 0.238. The van der Waals surface area contributed by atoms with Crippen molar-refractivity contribution in [3.05, 3.63) is 60.0 Å². The first-order valence-corrected chi connectivity index (χ1v) is 9.55. The first-order chi connectivity index (χ1) is 12.3. The summed E-state index contributed by atoms with van der Waals surface area (Å²) < 4.78 is 0. The Bertz CT molecular complexity index is 809. The van der Waals surface area contributed by atoms with E-state index in [1.807, 2.05) is 42.5 Å². The lowest BCUT2D eigenvalue weighted by Gasteiger charge is -2.05. The quantitative estimate of drug-likeness (QED) is 0.531.